The minimum Gasteiger partial charge on any atom is -0.481 e. The highest BCUT2D eigenvalue weighted by atomic mass is 16.4. The molecule has 0 aliphatic rings. The van der Waals surface area contributed by atoms with Crippen LogP contribution in [0.5, 0.6) is 0 Å². The van der Waals surface area contributed by atoms with Crippen LogP contribution in [0.4, 0.5) is 0 Å². The van der Waals surface area contributed by atoms with Gasteiger partial charge < -0.3 is 5.11 Å². The fraction of sp³-hybridized carbons (Fsp3) is 0.500. The molecule has 0 saturated heterocycles. The lowest BCUT2D eigenvalue weighted by molar-refractivity contribution is -0.140. The van der Waals surface area contributed by atoms with Crippen LogP contribution in [0.15, 0.2) is 23.8 Å². The monoisotopic (exact) mass is 168 g/mol. The van der Waals surface area contributed by atoms with Gasteiger partial charge in [0.25, 0.3) is 0 Å². The molecule has 0 aromatic rings. The second-order valence-corrected chi connectivity index (χ2v) is 3.25. The van der Waals surface area contributed by atoms with E-state index in [1.54, 1.807) is 6.92 Å². The summed E-state index contributed by atoms with van der Waals surface area (Å²) in [5.74, 6) is -1.22. The maximum absolute atomic E-state index is 10.7. The SMILES string of the molecule is C=C(C)[C@H](CC=C(C)C)C(=O)O. The van der Waals surface area contributed by atoms with E-state index >= 15 is 0 Å². The molecular weight excluding hydrogens is 152 g/mol. The first-order chi connectivity index (χ1) is 5.45. The fourth-order valence-electron chi connectivity index (χ4n) is 0.866. The average Bonchev–Trinajstić information content (AvgIpc) is 1.84. The molecule has 68 valence electrons. The summed E-state index contributed by atoms with van der Waals surface area (Å²) in [4.78, 5) is 10.7. The molecule has 0 radical (unpaired) electrons. The van der Waals surface area contributed by atoms with Crippen molar-refractivity contribution >= 4 is 5.97 Å². The van der Waals surface area contributed by atoms with Crippen molar-refractivity contribution in [2.45, 2.75) is 27.2 Å². The normalized spacial score (nSPS) is 11.9. The van der Waals surface area contributed by atoms with Gasteiger partial charge in [0.05, 0.1) is 5.92 Å². The van der Waals surface area contributed by atoms with E-state index in [2.05, 4.69) is 6.58 Å². The largest absolute Gasteiger partial charge is 0.481 e. The molecule has 1 N–H and O–H groups in total. The van der Waals surface area contributed by atoms with Crippen molar-refractivity contribution in [3.8, 4) is 0 Å². The number of hydrogen-bond acceptors (Lipinski definition) is 1. The summed E-state index contributed by atoms with van der Waals surface area (Å²) >= 11 is 0. The van der Waals surface area contributed by atoms with Crippen molar-refractivity contribution in [3.05, 3.63) is 23.8 Å². The van der Waals surface area contributed by atoms with E-state index in [1.807, 2.05) is 19.9 Å². The van der Waals surface area contributed by atoms with Gasteiger partial charge in [-0.05, 0) is 27.2 Å². The second-order valence-electron chi connectivity index (χ2n) is 3.25. The summed E-state index contributed by atoms with van der Waals surface area (Å²) in [5.41, 5.74) is 1.85. The van der Waals surface area contributed by atoms with Gasteiger partial charge in [0.2, 0.25) is 0 Å². The molecule has 0 unspecified atom stereocenters. The molecule has 0 aromatic carbocycles. The molecule has 2 nitrogen and oxygen atoms in total. The zero-order chi connectivity index (χ0) is 9.72. The number of rotatable bonds is 4. The Balaban J connectivity index is 4.25. The first-order valence-corrected chi connectivity index (χ1v) is 3.96. The number of aliphatic carboxylic acids is 1. The first kappa shape index (κ1) is 11.0. The average molecular weight is 168 g/mol. The van der Waals surface area contributed by atoms with E-state index < -0.39 is 11.9 Å². The number of allylic oxidation sites excluding steroid dienone is 2. The molecule has 2 heteroatoms. The first-order valence-electron chi connectivity index (χ1n) is 3.96. The van der Waals surface area contributed by atoms with Crippen LogP contribution in [-0.4, -0.2) is 11.1 Å². The molecule has 0 rings (SSSR count). The van der Waals surface area contributed by atoms with Crippen LogP contribution in [-0.2, 0) is 4.79 Å². The number of hydrogen-bond donors (Lipinski definition) is 1. The molecule has 0 heterocycles. The standard InChI is InChI=1S/C10H16O2/c1-7(2)5-6-9(8(3)4)10(11)12/h5,9H,3,6H2,1-2,4H3,(H,11,12)/t9-/m0/s1. The Hall–Kier alpha value is -1.05. The lowest BCUT2D eigenvalue weighted by Gasteiger charge is -2.08. The molecule has 12 heavy (non-hydrogen) atoms. The van der Waals surface area contributed by atoms with Gasteiger partial charge in [-0.1, -0.05) is 23.8 Å². The van der Waals surface area contributed by atoms with Crippen molar-refractivity contribution in [2.24, 2.45) is 5.92 Å². The van der Waals surface area contributed by atoms with Gasteiger partial charge in [-0.2, -0.15) is 0 Å². The summed E-state index contributed by atoms with van der Waals surface area (Å²) in [6.07, 6.45) is 2.47. The van der Waals surface area contributed by atoms with Gasteiger partial charge in [-0.3, -0.25) is 4.79 Å². The highest BCUT2D eigenvalue weighted by Gasteiger charge is 2.15. The Morgan fingerprint density at radius 1 is 1.50 bits per heavy atom. The van der Waals surface area contributed by atoms with E-state index in [1.165, 1.54) is 0 Å². The lowest BCUT2D eigenvalue weighted by atomic mass is 9.97. The molecule has 0 saturated carbocycles. The number of carbonyl (C=O) groups is 1. The summed E-state index contributed by atoms with van der Waals surface area (Å²) in [5, 5.41) is 8.77. The third-order valence-electron chi connectivity index (χ3n) is 1.65. The predicted molar refractivity (Wildman–Crippen MR) is 50.0 cm³/mol. The van der Waals surface area contributed by atoms with E-state index in [4.69, 9.17) is 5.11 Å². The zero-order valence-corrected chi connectivity index (χ0v) is 7.92. The smallest absolute Gasteiger partial charge is 0.310 e. The van der Waals surface area contributed by atoms with Gasteiger partial charge in [-0.15, -0.1) is 0 Å². The lowest BCUT2D eigenvalue weighted by Crippen LogP contribution is -2.13. The highest BCUT2D eigenvalue weighted by Crippen LogP contribution is 2.14. The van der Waals surface area contributed by atoms with Crippen LogP contribution in [0.2, 0.25) is 0 Å². The van der Waals surface area contributed by atoms with E-state index in [-0.39, 0.29) is 0 Å². The predicted octanol–water partition coefficient (Wildman–Crippen LogP) is 2.62. The quantitative estimate of drug-likeness (QED) is 0.655. The fourth-order valence-corrected chi connectivity index (χ4v) is 0.866. The van der Waals surface area contributed by atoms with Crippen LogP contribution < -0.4 is 0 Å². The summed E-state index contributed by atoms with van der Waals surface area (Å²) < 4.78 is 0. The topological polar surface area (TPSA) is 37.3 Å². The summed E-state index contributed by atoms with van der Waals surface area (Å²) in [6.45, 7) is 9.30. The number of carboxylic acids is 1. The molecule has 0 fully saturated rings. The number of carboxylic acid groups (broad SMARTS) is 1. The van der Waals surface area contributed by atoms with E-state index in [0.717, 1.165) is 5.57 Å². The molecule has 0 aromatic heterocycles. The maximum atomic E-state index is 10.7. The summed E-state index contributed by atoms with van der Waals surface area (Å²) in [6, 6.07) is 0. The Morgan fingerprint density at radius 2 is 2.00 bits per heavy atom. The minimum atomic E-state index is -0.792. The Kier molecular flexibility index (Phi) is 4.34. The van der Waals surface area contributed by atoms with Crippen LogP contribution in [0.1, 0.15) is 27.2 Å². The van der Waals surface area contributed by atoms with E-state index in [0.29, 0.717) is 12.0 Å². The van der Waals surface area contributed by atoms with Crippen molar-refractivity contribution < 1.29 is 9.90 Å². The molecule has 0 bridgehead atoms. The second kappa shape index (κ2) is 4.75. The van der Waals surface area contributed by atoms with Crippen molar-refractivity contribution in [2.75, 3.05) is 0 Å². The molecule has 0 aliphatic carbocycles. The van der Waals surface area contributed by atoms with Crippen LogP contribution in [0, 0.1) is 5.92 Å². The Labute approximate surface area is 73.6 Å². The van der Waals surface area contributed by atoms with Crippen molar-refractivity contribution in [1.29, 1.82) is 0 Å². The van der Waals surface area contributed by atoms with E-state index in [9.17, 15) is 4.79 Å². The zero-order valence-electron chi connectivity index (χ0n) is 7.92. The third kappa shape index (κ3) is 3.96. The molecule has 0 amide bonds. The molecule has 0 aliphatic heterocycles. The van der Waals surface area contributed by atoms with Gasteiger partial charge >= 0.3 is 5.97 Å². The summed E-state index contributed by atoms with van der Waals surface area (Å²) in [7, 11) is 0. The molecular formula is C10H16O2. The van der Waals surface area contributed by atoms with Crippen LogP contribution in [0.25, 0.3) is 0 Å². The molecule has 1 atom stereocenters. The van der Waals surface area contributed by atoms with Gasteiger partial charge in [0, 0.05) is 0 Å². The molecule has 0 spiro atoms. The van der Waals surface area contributed by atoms with Crippen LogP contribution >= 0.6 is 0 Å². The maximum Gasteiger partial charge on any atom is 0.310 e. The van der Waals surface area contributed by atoms with Crippen molar-refractivity contribution in [3.63, 3.8) is 0 Å². The van der Waals surface area contributed by atoms with Gasteiger partial charge in [0.1, 0.15) is 0 Å². The van der Waals surface area contributed by atoms with Gasteiger partial charge in [0.15, 0.2) is 0 Å². The highest BCUT2D eigenvalue weighted by molar-refractivity contribution is 5.73. The Morgan fingerprint density at radius 3 is 2.25 bits per heavy atom. The van der Waals surface area contributed by atoms with Crippen LogP contribution in [0.3, 0.4) is 0 Å². The Bertz CT molecular complexity index is 196. The van der Waals surface area contributed by atoms with Crippen molar-refractivity contribution in [1.82, 2.24) is 0 Å². The minimum absolute atomic E-state index is 0.431. The van der Waals surface area contributed by atoms with Gasteiger partial charge in [-0.25, -0.2) is 0 Å². The third-order valence-corrected chi connectivity index (χ3v) is 1.65.